The third-order valence-electron chi connectivity index (χ3n) is 1.28. The number of thioether (sulfide) groups is 1. The molecule has 1 fully saturated rings. The first kappa shape index (κ1) is 8.36. The van der Waals surface area contributed by atoms with Gasteiger partial charge in [0, 0.05) is 12.3 Å². The minimum absolute atomic E-state index is 0.275. The van der Waals surface area contributed by atoms with E-state index in [1.54, 1.807) is 11.8 Å². The van der Waals surface area contributed by atoms with Crippen LogP contribution in [0.15, 0.2) is 0 Å². The van der Waals surface area contributed by atoms with Gasteiger partial charge < -0.3 is 0 Å². The van der Waals surface area contributed by atoms with Crippen molar-refractivity contribution in [2.75, 3.05) is 23.8 Å². The SMILES string of the molecule is O=S1(=O)CCSCCCN1. The van der Waals surface area contributed by atoms with Crippen LogP contribution in [-0.4, -0.2) is 32.2 Å². The molecule has 0 bridgehead atoms. The second kappa shape index (κ2) is 3.59. The summed E-state index contributed by atoms with van der Waals surface area (Å²) < 4.78 is 24.3. The second-order valence-corrected chi connectivity index (χ2v) is 5.33. The molecule has 1 aliphatic rings. The first-order valence-corrected chi connectivity index (χ1v) is 6.06. The molecule has 0 radical (unpaired) electrons. The van der Waals surface area contributed by atoms with Crippen molar-refractivity contribution in [1.29, 1.82) is 0 Å². The average Bonchev–Trinajstić information content (AvgIpc) is 1.81. The molecular formula is C5H11NO2S2. The summed E-state index contributed by atoms with van der Waals surface area (Å²) in [6.45, 7) is 0.606. The van der Waals surface area contributed by atoms with Crippen molar-refractivity contribution in [3.63, 3.8) is 0 Å². The molecule has 1 rings (SSSR count). The maximum absolute atomic E-state index is 10.9. The number of rotatable bonds is 0. The topological polar surface area (TPSA) is 46.2 Å². The fourth-order valence-corrected chi connectivity index (χ4v) is 3.25. The zero-order chi connectivity index (χ0) is 7.45. The molecule has 0 aliphatic carbocycles. The van der Waals surface area contributed by atoms with Crippen molar-refractivity contribution in [3.05, 3.63) is 0 Å². The van der Waals surface area contributed by atoms with E-state index in [1.807, 2.05) is 0 Å². The Balaban J connectivity index is 2.46. The molecule has 10 heavy (non-hydrogen) atoms. The van der Waals surface area contributed by atoms with Crippen LogP contribution >= 0.6 is 11.8 Å². The van der Waals surface area contributed by atoms with Crippen molar-refractivity contribution in [2.24, 2.45) is 0 Å². The van der Waals surface area contributed by atoms with Gasteiger partial charge in [0.15, 0.2) is 0 Å². The van der Waals surface area contributed by atoms with Gasteiger partial charge in [0.2, 0.25) is 10.0 Å². The largest absolute Gasteiger partial charge is 0.215 e. The summed E-state index contributed by atoms with van der Waals surface area (Å²) >= 11 is 1.71. The predicted octanol–water partition coefficient (Wildman–Crippen LogP) is 0.0427. The molecule has 5 heteroatoms. The highest BCUT2D eigenvalue weighted by molar-refractivity contribution is 8.00. The molecule has 0 saturated carbocycles. The maximum Gasteiger partial charge on any atom is 0.212 e. The molecule has 1 saturated heterocycles. The highest BCUT2D eigenvalue weighted by atomic mass is 32.2. The molecule has 0 atom stereocenters. The van der Waals surface area contributed by atoms with Crippen molar-refractivity contribution < 1.29 is 8.42 Å². The standard InChI is InChI=1S/C5H11NO2S2/c7-10(8)5-4-9-3-1-2-6-10/h6H,1-5H2. The smallest absolute Gasteiger partial charge is 0.212 e. The van der Waals surface area contributed by atoms with Crippen LogP contribution in [0, 0.1) is 0 Å². The number of sulfonamides is 1. The molecule has 60 valence electrons. The van der Waals surface area contributed by atoms with Gasteiger partial charge >= 0.3 is 0 Å². The normalized spacial score (nSPS) is 26.8. The molecule has 1 heterocycles. The molecule has 0 amide bonds. The molecule has 1 aliphatic heterocycles. The Kier molecular flexibility index (Phi) is 3.00. The summed E-state index contributed by atoms with van der Waals surface area (Å²) in [6, 6.07) is 0. The molecule has 1 N–H and O–H groups in total. The minimum atomic E-state index is -2.91. The molecular weight excluding hydrogens is 170 g/mol. The van der Waals surface area contributed by atoms with Gasteiger partial charge in [0.05, 0.1) is 5.75 Å². The van der Waals surface area contributed by atoms with Crippen LogP contribution in [0.1, 0.15) is 6.42 Å². The van der Waals surface area contributed by atoms with Crippen molar-refractivity contribution in [2.45, 2.75) is 6.42 Å². The average molecular weight is 181 g/mol. The van der Waals surface area contributed by atoms with Crippen molar-refractivity contribution >= 4 is 21.8 Å². The fourth-order valence-electron chi connectivity index (χ4n) is 0.745. The van der Waals surface area contributed by atoms with Crippen molar-refractivity contribution in [1.82, 2.24) is 4.72 Å². The van der Waals surface area contributed by atoms with E-state index in [4.69, 9.17) is 0 Å². The number of hydrogen-bond acceptors (Lipinski definition) is 3. The van der Waals surface area contributed by atoms with E-state index < -0.39 is 10.0 Å². The lowest BCUT2D eigenvalue weighted by Gasteiger charge is -2.09. The summed E-state index contributed by atoms with van der Waals surface area (Å²) in [5.74, 6) is 2.08. The molecule has 0 aromatic heterocycles. The lowest BCUT2D eigenvalue weighted by atomic mass is 10.5. The second-order valence-electron chi connectivity index (χ2n) is 2.18. The monoisotopic (exact) mass is 181 g/mol. The third kappa shape index (κ3) is 2.90. The van der Waals surface area contributed by atoms with Gasteiger partial charge in [-0.25, -0.2) is 13.1 Å². The fraction of sp³-hybridized carbons (Fsp3) is 1.00. The van der Waals surface area contributed by atoms with Crippen molar-refractivity contribution in [3.8, 4) is 0 Å². The van der Waals surface area contributed by atoms with Gasteiger partial charge in [-0.2, -0.15) is 11.8 Å². The Hall–Kier alpha value is 0.260. The molecule has 0 aromatic carbocycles. The van der Waals surface area contributed by atoms with E-state index in [-0.39, 0.29) is 5.75 Å². The first-order valence-electron chi connectivity index (χ1n) is 3.26. The van der Waals surface area contributed by atoms with Crippen LogP contribution in [0.3, 0.4) is 0 Å². The minimum Gasteiger partial charge on any atom is -0.215 e. The Morgan fingerprint density at radius 1 is 1.30 bits per heavy atom. The molecule has 0 aromatic rings. The maximum atomic E-state index is 10.9. The van der Waals surface area contributed by atoms with Gasteiger partial charge in [-0.15, -0.1) is 0 Å². The summed E-state index contributed by atoms with van der Waals surface area (Å²) in [6.07, 6.45) is 0.948. The van der Waals surface area contributed by atoms with Gasteiger partial charge in [0.1, 0.15) is 0 Å². The first-order chi connectivity index (χ1) is 4.71. The highest BCUT2D eigenvalue weighted by Gasteiger charge is 2.10. The van der Waals surface area contributed by atoms with E-state index in [9.17, 15) is 8.42 Å². The van der Waals surface area contributed by atoms with Crippen LogP contribution in [0.2, 0.25) is 0 Å². The number of nitrogens with one attached hydrogen (secondary N) is 1. The van der Waals surface area contributed by atoms with Crippen LogP contribution in [-0.2, 0) is 10.0 Å². The van der Waals surface area contributed by atoms with Crippen LogP contribution in [0.25, 0.3) is 0 Å². The predicted molar refractivity (Wildman–Crippen MR) is 43.7 cm³/mol. The molecule has 3 nitrogen and oxygen atoms in total. The van der Waals surface area contributed by atoms with Gasteiger partial charge in [-0.1, -0.05) is 0 Å². The Morgan fingerprint density at radius 2 is 2.10 bits per heavy atom. The Labute approximate surface area is 65.6 Å². The number of hydrogen-bond donors (Lipinski definition) is 1. The quantitative estimate of drug-likeness (QED) is 0.574. The van der Waals surface area contributed by atoms with E-state index >= 15 is 0 Å². The van der Waals surface area contributed by atoms with E-state index in [1.165, 1.54) is 0 Å². The zero-order valence-corrected chi connectivity index (χ0v) is 7.30. The zero-order valence-electron chi connectivity index (χ0n) is 5.67. The van der Waals surface area contributed by atoms with Gasteiger partial charge in [-0.05, 0) is 12.2 Å². The highest BCUT2D eigenvalue weighted by Crippen LogP contribution is 2.05. The van der Waals surface area contributed by atoms with Gasteiger partial charge in [0.25, 0.3) is 0 Å². The van der Waals surface area contributed by atoms with E-state index in [2.05, 4.69) is 4.72 Å². The summed E-state index contributed by atoms with van der Waals surface area (Å²) in [5.41, 5.74) is 0. The Bertz CT molecular complexity index is 174. The van der Waals surface area contributed by atoms with E-state index in [0.29, 0.717) is 6.54 Å². The summed E-state index contributed by atoms with van der Waals surface area (Å²) in [7, 11) is -2.91. The van der Waals surface area contributed by atoms with E-state index in [0.717, 1.165) is 17.9 Å². The molecule has 0 spiro atoms. The lowest BCUT2D eigenvalue weighted by Crippen LogP contribution is -2.30. The summed E-state index contributed by atoms with van der Waals surface area (Å²) in [4.78, 5) is 0. The van der Waals surface area contributed by atoms with Crippen LogP contribution < -0.4 is 4.72 Å². The lowest BCUT2D eigenvalue weighted by molar-refractivity contribution is 0.582. The molecule has 0 unspecified atom stereocenters. The third-order valence-corrected chi connectivity index (χ3v) is 4.00. The van der Waals surface area contributed by atoms with Crippen LogP contribution in [0.5, 0.6) is 0 Å². The van der Waals surface area contributed by atoms with Gasteiger partial charge in [-0.3, -0.25) is 0 Å². The van der Waals surface area contributed by atoms with Crippen LogP contribution in [0.4, 0.5) is 0 Å². The summed E-state index contributed by atoms with van der Waals surface area (Å²) in [5, 5.41) is 0. The Morgan fingerprint density at radius 3 is 2.90 bits per heavy atom.